The number of carbonyl (C=O) groups excluding carboxylic acids is 1. The lowest BCUT2D eigenvalue weighted by Gasteiger charge is -2.15. The summed E-state index contributed by atoms with van der Waals surface area (Å²) in [5.74, 6) is 0.704. The summed E-state index contributed by atoms with van der Waals surface area (Å²) in [5.41, 5.74) is 2.90. The van der Waals surface area contributed by atoms with Crippen molar-refractivity contribution in [3.05, 3.63) is 65.2 Å². The smallest absolute Gasteiger partial charge is 0.315 e. The normalized spacial score (nSPS) is 11.9. The van der Waals surface area contributed by atoms with Gasteiger partial charge in [-0.25, -0.2) is 4.79 Å². The average Bonchev–Trinajstić information content (AvgIpc) is 2.58. The van der Waals surface area contributed by atoms with E-state index in [1.807, 2.05) is 63.2 Å². The van der Waals surface area contributed by atoms with Crippen LogP contribution in [0.15, 0.2) is 48.5 Å². The van der Waals surface area contributed by atoms with E-state index >= 15 is 0 Å². The number of aliphatic hydroxyl groups excluding tert-OH is 1. The highest BCUT2D eigenvalue weighted by Crippen LogP contribution is 2.19. The topological polar surface area (TPSA) is 70.6 Å². The SMILES string of the molecule is Cc1ccccc1CNC(=O)NCC(O)c1cccc(OC(C)C)c1. The van der Waals surface area contributed by atoms with Crippen LogP contribution in [0.4, 0.5) is 4.79 Å². The molecule has 0 bridgehead atoms. The summed E-state index contributed by atoms with van der Waals surface area (Å²) < 4.78 is 5.62. The maximum absolute atomic E-state index is 11.9. The second kappa shape index (κ2) is 9.08. The van der Waals surface area contributed by atoms with Crippen LogP contribution in [0.25, 0.3) is 0 Å². The molecule has 0 aliphatic carbocycles. The average molecular weight is 342 g/mol. The highest BCUT2D eigenvalue weighted by molar-refractivity contribution is 5.73. The zero-order valence-electron chi connectivity index (χ0n) is 15.0. The van der Waals surface area contributed by atoms with Crippen LogP contribution in [0.5, 0.6) is 5.75 Å². The van der Waals surface area contributed by atoms with Gasteiger partial charge in [0.1, 0.15) is 5.75 Å². The molecule has 5 heteroatoms. The van der Waals surface area contributed by atoms with Crippen molar-refractivity contribution in [1.29, 1.82) is 0 Å². The molecule has 0 aliphatic rings. The number of urea groups is 1. The maximum Gasteiger partial charge on any atom is 0.315 e. The van der Waals surface area contributed by atoms with E-state index in [0.717, 1.165) is 11.1 Å². The molecular weight excluding hydrogens is 316 g/mol. The first-order chi connectivity index (χ1) is 12.0. The second-order valence-corrected chi connectivity index (χ2v) is 6.24. The van der Waals surface area contributed by atoms with E-state index < -0.39 is 6.10 Å². The van der Waals surface area contributed by atoms with Gasteiger partial charge in [-0.1, -0.05) is 36.4 Å². The van der Waals surface area contributed by atoms with Crippen molar-refractivity contribution in [3.63, 3.8) is 0 Å². The summed E-state index contributed by atoms with van der Waals surface area (Å²) in [6, 6.07) is 14.9. The first-order valence-corrected chi connectivity index (χ1v) is 8.46. The van der Waals surface area contributed by atoms with Crippen molar-refractivity contribution in [2.75, 3.05) is 6.54 Å². The van der Waals surface area contributed by atoms with Crippen molar-refractivity contribution in [2.24, 2.45) is 0 Å². The molecule has 2 aromatic carbocycles. The summed E-state index contributed by atoms with van der Waals surface area (Å²) in [5, 5.41) is 15.7. The van der Waals surface area contributed by atoms with E-state index in [1.165, 1.54) is 0 Å². The third kappa shape index (κ3) is 6.12. The van der Waals surface area contributed by atoms with Gasteiger partial charge in [0.25, 0.3) is 0 Å². The van der Waals surface area contributed by atoms with Crippen molar-refractivity contribution in [3.8, 4) is 5.75 Å². The number of aryl methyl sites for hydroxylation is 1. The fourth-order valence-corrected chi connectivity index (χ4v) is 2.42. The molecule has 134 valence electrons. The molecule has 5 nitrogen and oxygen atoms in total. The molecule has 2 rings (SSSR count). The lowest BCUT2D eigenvalue weighted by Crippen LogP contribution is -2.37. The first kappa shape index (κ1) is 18.8. The molecule has 0 aromatic heterocycles. The molecule has 0 saturated heterocycles. The largest absolute Gasteiger partial charge is 0.491 e. The number of aliphatic hydroxyl groups is 1. The van der Waals surface area contributed by atoms with Crippen molar-refractivity contribution >= 4 is 6.03 Å². The van der Waals surface area contributed by atoms with Gasteiger partial charge in [0, 0.05) is 13.1 Å². The molecule has 3 N–H and O–H groups in total. The second-order valence-electron chi connectivity index (χ2n) is 6.24. The van der Waals surface area contributed by atoms with Crippen LogP contribution >= 0.6 is 0 Å². The minimum Gasteiger partial charge on any atom is -0.491 e. The van der Waals surface area contributed by atoms with E-state index in [2.05, 4.69) is 10.6 Å². The molecule has 0 saturated carbocycles. The molecular formula is C20H26N2O3. The van der Waals surface area contributed by atoms with Gasteiger partial charge in [0.15, 0.2) is 0 Å². The van der Waals surface area contributed by atoms with Crippen LogP contribution in [-0.2, 0) is 6.54 Å². The molecule has 0 fully saturated rings. The van der Waals surface area contributed by atoms with E-state index in [-0.39, 0.29) is 18.7 Å². The van der Waals surface area contributed by atoms with Crippen LogP contribution in [0.3, 0.4) is 0 Å². The summed E-state index contributed by atoms with van der Waals surface area (Å²) >= 11 is 0. The lowest BCUT2D eigenvalue weighted by atomic mass is 10.1. The van der Waals surface area contributed by atoms with E-state index in [1.54, 1.807) is 6.07 Å². The minimum atomic E-state index is -0.792. The Morgan fingerprint density at radius 1 is 1.12 bits per heavy atom. The Labute approximate surface area is 149 Å². The summed E-state index contributed by atoms with van der Waals surface area (Å²) in [6.07, 6.45) is -0.724. The number of carbonyl (C=O) groups is 1. The van der Waals surface area contributed by atoms with Crippen molar-refractivity contribution in [2.45, 2.75) is 39.5 Å². The molecule has 0 heterocycles. The molecule has 2 aromatic rings. The predicted octanol–water partition coefficient (Wildman–Crippen LogP) is 3.32. The number of ether oxygens (including phenoxy) is 1. The van der Waals surface area contributed by atoms with Gasteiger partial charge in [-0.2, -0.15) is 0 Å². The standard InChI is InChI=1S/C20H26N2O3/c1-14(2)25-18-10-6-9-16(11-18)19(23)13-22-20(24)21-12-17-8-5-4-7-15(17)3/h4-11,14,19,23H,12-13H2,1-3H3,(H2,21,22,24). The zero-order valence-corrected chi connectivity index (χ0v) is 15.0. The van der Waals surface area contributed by atoms with Crippen LogP contribution in [0.2, 0.25) is 0 Å². The van der Waals surface area contributed by atoms with Gasteiger partial charge in [-0.15, -0.1) is 0 Å². The van der Waals surface area contributed by atoms with Gasteiger partial charge in [-0.05, 0) is 49.6 Å². The Balaban J connectivity index is 1.82. The van der Waals surface area contributed by atoms with E-state index in [4.69, 9.17) is 4.74 Å². The Kier molecular flexibility index (Phi) is 6.83. The summed E-state index contributed by atoms with van der Waals surface area (Å²) in [6.45, 7) is 6.48. The van der Waals surface area contributed by atoms with Crippen molar-refractivity contribution in [1.82, 2.24) is 10.6 Å². The van der Waals surface area contributed by atoms with Crippen LogP contribution in [-0.4, -0.2) is 23.8 Å². The Morgan fingerprint density at radius 3 is 2.60 bits per heavy atom. The number of rotatable bonds is 7. The number of hydrogen-bond acceptors (Lipinski definition) is 3. The highest BCUT2D eigenvalue weighted by Gasteiger charge is 2.11. The fraction of sp³-hybridized carbons (Fsp3) is 0.350. The minimum absolute atomic E-state index is 0.0674. The van der Waals surface area contributed by atoms with Crippen LogP contribution in [0.1, 0.15) is 36.6 Å². The third-order valence-corrected chi connectivity index (χ3v) is 3.77. The monoisotopic (exact) mass is 342 g/mol. The molecule has 1 unspecified atom stereocenters. The Hall–Kier alpha value is -2.53. The third-order valence-electron chi connectivity index (χ3n) is 3.77. The summed E-state index contributed by atoms with van der Waals surface area (Å²) in [4.78, 5) is 11.9. The number of benzene rings is 2. The quantitative estimate of drug-likeness (QED) is 0.723. The number of hydrogen-bond donors (Lipinski definition) is 3. The molecule has 0 spiro atoms. The van der Waals surface area contributed by atoms with Gasteiger partial charge in [0.2, 0.25) is 0 Å². The maximum atomic E-state index is 11.9. The molecule has 0 radical (unpaired) electrons. The van der Waals surface area contributed by atoms with E-state index in [0.29, 0.717) is 17.9 Å². The van der Waals surface area contributed by atoms with Gasteiger partial charge >= 0.3 is 6.03 Å². The Bertz CT molecular complexity index is 701. The van der Waals surface area contributed by atoms with Crippen LogP contribution in [0, 0.1) is 6.92 Å². The number of amides is 2. The molecule has 1 atom stereocenters. The van der Waals surface area contributed by atoms with E-state index in [9.17, 15) is 9.90 Å². The zero-order chi connectivity index (χ0) is 18.2. The predicted molar refractivity (Wildman–Crippen MR) is 98.6 cm³/mol. The van der Waals surface area contributed by atoms with Gasteiger partial charge in [-0.3, -0.25) is 0 Å². The highest BCUT2D eigenvalue weighted by atomic mass is 16.5. The van der Waals surface area contributed by atoms with Gasteiger partial charge < -0.3 is 20.5 Å². The first-order valence-electron chi connectivity index (χ1n) is 8.46. The molecule has 2 amide bonds. The molecule has 25 heavy (non-hydrogen) atoms. The number of nitrogens with one attached hydrogen (secondary N) is 2. The lowest BCUT2D eigenvalue weighted by molar-refractivity contribution is 0.172. The van der Waals surface area contributed by atoms with Crippen molar-refractivity contribution < 1.29 is 14.6 Å². The van der Waals surface area contributed by atoms with Gasteiger partial charge in [0.05, 0.1) is 12.2 Å². The van der Waals surface area contributed by atoms with Crippen LogP contribution < -0.4 is 15.4 Å². The Morgan fingerprint density at radius 2 is 1.88 bits per heavy atom. The fourth-order valence-electron chi connectivity index (χ4n) is 2.42. The summed E-state index contributed by atoms with van der Waals surface area (Å²) in [7, 11) is 0. The molecule has 0 aliphatic heterocycles.